The summed E-state index contributed by atoms with van der Waals surface area (Å²) in [5, 5.41) is 4.44. The van der Waals surface area contributed by atoms with E-state index in [1.807, 2.05) is 35.0 Å². The third-order valence-electron chi connectivity index (χ3n) is 4.35. The van der Waals surface area contributed by atoms with Crippen molar-refractivity contribution in [2.45, 2.75) is 29.7 Å². The molecule has 4 rings (SSSR count). The van der Waals surface area contributed by atoms with Gasteiger partial charge in [-0.3, -0.25) is 4.57 Å². The van der Waals surface area contributed by atoms with Crippen LogP contribution in [0.4, 0.5) is 0 Å². The molecule has 3 aromatic rings. The second-order valence-electron chi connectivity index (χ2n) is 6.07. The minimum Gasteiger partial charge on any atom is -0.295 e. The Morgan fingerprint density at radius 3 is 2.80 bits per heavy atom. The zero-order chi connectivity index (χ0) is 17.1. The maximum Gasteiger partial charge on any atom is 0.172 e. The summed E-state index contributed by atoms with van der Waals surface area (Å²) in [5.74, 6) is 1.40. The molecule has 1 aliphatic heterocycles. The summed E-state index contributed by atoms with van der Waals surface area (Å²) >= 11 is 9.56. The van der Waals surface area contributed by atoms with Gasteiger partial charge in [0.05, 0.1) is 10.7 Å². The first-order chi connectivity index (χ1) is 12.3. The van der Waals surface area contributed by atoms with Crippen LogP contribution in [0.1, 0.15) is 29.5 Å². The Kier molecular flexibility index (Phi) is 5.41. The van der Waals surface area contributed by atoms with E-state index < -0.39 is 0 Å². The molecule has 0 saturated carbocycles. The maximum atomic E-state index is 6.05. The van der Waals surface area contributed by atoms with Gasteiger partial charge >= 0.3 is 0 Å². The summed E-state index contributed by atoms with van der Waals surface area (Å²) in [6, 6.07) is 10.3. The van der Waals surface area contributed by atoms with Crippen LogP contribution in [0.2, 0.25) is 0 Å². The Hall–Kier alpha value is -1.34. The second-order valence-corrected chi connectivity index (χ2v) is 8.38. The lowest BCUT2D eigenvalue weighted by Gasteiger charge is -2.25. The van der Waals surface area contributed by atoms with Gasteiger partial charge in [0.1, 0.15) is 0 Å². The molecule has 130 valence electrons. The molecule has 7 heteroatoms. The van der Waals surface area contributed by atoms with Gasteiger partial charge in [-0.15, -0.1) is 11.3 Å². The molecule has 0 bridgehead atoms. The molecule has 2 aromatic heterocycles. The van der Waals surface area contributed by atoms with E-state index in [0.29, 0.717) is 5.92 Å². The standard InChI is InChI=1S/C18H19ClN4S2/c19-22-9-6-14(7-10-22)17-21-15(12-24-17)13-25-18-20-8-11-23(18)16-4-2-1-3-5-16/h1-5,8,11-12,14H,6-7,9-10,13H2. The van der Waals surface area contributed by atoms with Gasteiger partial charge in [0, 0.05) is 48.2 Å². The monoisotopic (exact) mass is 390 g/mol. The number of benzene rings is 1. The van der Waals surface area contributed by atoms with Crippen LogP contribution in [-0.4, -0.2) is 32.0 Å². The van der Waals surface area contributed by atoms with Gasteiger partial charge in [-0.2, -0.15) is 0 Å². The number of nitrogens with zero attached hydrogens (tertiary/aromatic N) is 4. The van der Waals surface area contributed by atoms with Crippen molar-refractivity contribution in [2.75, 3.05) is 13.1 Å². The lowest BCUT2D eigenvalue weighted by Crippen LogP contribution is -2.25. The van der Waals surface area contributed by atoms with E-state index in [4.69, 9.17) is 16.8 Å². The summed E-state index contributed by atoms with van der Waals surface area (Å²) in [6.07, 6.45) is 6.05. The highest BCUT2D eigenvalue weighted by Crippen LogP contribution is 2.32. The minimum atomic E-state index is 0.560. The number of hydrogen-bond donors (Lipinski definition) is 0. The highest BCUT2D eigenvalue weighted by Gasteiger charge is 2.22. The smallest absolute Gasteiger partial charge is 0.172 e. The molecule has 1 aromatic carbocycles. The molecular formula is C18H19ClN4S2. The summed E-state index contributed by atoms with van der Waals surface area (Å²) in [4.78, 5) is 9.35. The van der Waals surface area contributed by atoms with Crippen LogP contribution in [0, 0.1) is 0 Å². The van der Waals surface area contributed by atoms with Crippen LogP contribution in [-0.2, 0) is 5.75 Å². The quantitative estimate of drug-likeness (QED) is 0.455. The normalized spacial score (nSPS) is 16.4. The fourth-order valence-corrected chi connectivity index (χ4v) is 5.15. The summed E-state index contributed by atoms with van der Waals surface area (Å²) < 4.78 is 4.00. The fourth-order valence-electron chi connectivity index (χ4n) is 2.99. The molecule has 0 N–H and O–H groups in total. The number of hydrogen-bond acceptors (Lipinski definition) is 5. The number of thiazole rings is 1. The van der Waals surface area contributed by atoms with Crippen molar-refractivity contribution in [1.82, 2.24) is 19.0 Å². The molecule has 1 saturated heterocycles. The molecule has 3 heterocycles. The average Bonchev–Trinajstić information content (AvgIpc) is 3.31. The first kappa shape index (κ1) is 17.1. The van der Waals surface area contributed by atoms with E-state index in [1.165, 1.54) is 5.01 Å². The Morgan fingerprint density at radius 1 is 1.20 bits per heavy atom. The number of halogens is 1. The van der Waals surface area contributed by atoms with Crippen LogP contribution in [0.3, 0.4) is 0 Å². The van der Waals surface area contributed by atoms with Crippen molar-refractivity contribution in [3.63, 3.8) is 0 Å². The molecule has 25 heavy (non-hydrogen) atoms. The van der Waals surface area contributed by atoms with E-state index in [9.17, 15) is 0 Å². The Bertz CT molecular complexity index is 809. The van der Waals surface area contributed by atoms with Gasteiger partial charge in [0.2, 0.25) is 0 Å². The van der Waals surface area contributed by atoms with Crippen LogP contribution in [0.15, 0.2) is 53.3 Å². The molecule has 0 radical (unpaired) electrons. The molecule has 1 aliphatic rings. The van der Waals surface area contributed by atoms with Crippen LogP contribution >= 0.6 is 34.9 Å². The first-order valence-electron chi connectivity index (χ1n) is 8.36. The van der Waals surface area contributed by atoms with Crippen LogP contribution in [0.5, 0.6) is 0 Å². The first-order valence-corrected chi connectivity index (χ1v) is 10.6. The fraction of sp³-hybridized carbons (Fsp3) is 0.333. The van der Waals surface area contributed by atoms with Crippen molar-refractivity contribution in [3.8, 4) is 5.69 Å². The second kappa shape index (κ2) is 7.91. The highest BCUT2D eigenvalue weighted by atomic mass is 35.5. The number of aromatic nitrogens is 3. The largest absolute Gasteiger partial charge is 0.295 e. The summed E-state index contributed by atoms with van der Waals surface area (Å²) in [7, 11) is 0. The minimum absolute atomic E-state index is 0.560. The van der Waals surface area contributed by atoms with Gasteiger partial charge in [-0.25, -0.2) is 14.4 Å². The molecule has 0 unspecified atom stereocenters. The molecule has 0 spiro atoms. The lowest BCUT2D eigenvalue weighted by atomic mass is 9.99. The van der Waals surface area contributed by atoms with Gasteiger partial charge in [0.15, 0.2) is 5.16 Å². The third-order valence-corrected chi connectivity index (χ3v) is 6.74. The summed E-state index contributed by atoms with van der Waals surface area (Å²) in [6.45, 7) is 1.90. The van der Waals surface area contributed by atoms with Crippen molar-refractivity contribution in [1.29, 1.82) is 0 Å². The van der Waals surface area contributed by atoms with Crippen molar-refractivity contribution < 1.29 is 0 Å². The molecule has 0 aliphatic carbocycles. The van der Waals surface area contributed by atoms with Crippen LogP contribution in [0.25, 0.3) is 5.69 Å². The predicted molar refractivity (Wildman–Crippen MR) is 105 cm³/mol. The number of para-hydroxylation sites is 1. The average molecular weight is 391 g/mol. The zero-order valence-corrected chi connectivity index (χ0v) is 16.1. The van der Waals surface area contributed by atoms with Crippen molar-refractivity contribution in [3.05, 3.63) is 58.8 Å². The molecule has 4 nitrogen and oxygen atoms in total. The van der Waals surface area contributed by atoms with Gasteiger partial charge in [-0.1, -0.05) is 30.0 Å². The Morgan fingerprint density at radius 2 is 2.00 bits per heavy atom. The van der Waals surface area contributed by atoms with Gasteiger partial charge in [-0.05, 0) is 36.8 Å². The van der Waals surface area contributed by atoms with E-state index >= 15 is 0 Å². The number of rotatable bonds is 5. The number of imidazole rings is 1. The van der Waals surface area contributed by atoms with E-state index in [0.717, 1.165) is 48.2 Å². The number of thioether (sulfide) groups is 1. The SMILES string of the molecule is ClN1CCC(c2nc(CSc3nccn3-c3ccccc3)cs2)CC1. The third kappa shape index (κ3) is 4.08. The van der Waals surface area contributed by atoms with E-state index in [-0.39, 0.29) is 0 Å². The molecule has 0 atom stereocenters. The topological polar surface area (TPSA) is 34.0 Å². The predicted octanol–water partition coefficient (Wildman–Crippen LogP) is 4.95. The van der Waals surface area contributed by atoms with E-state index in [1.54, 1.807) is 23.1 Å². The Labute approximate surface area is 161 Å². The highest BCUT2D eigenvalue weighted by molar-refractivity contribution is 7.98. The zero-order valence-electron chi connectivity index (χ0n) is 13.7. The van der Waals surface area contributed by atoms with Crippen molar-refractivity contribution >= 4 is 34.9 Å². The molecule has 1 fully saturated rings. The lowest BCUT2D eigenvalue weighted by molar-refractivity contribution is 0.335. The molecular weight excluding hydrogens is 372 g/mol. The van der Waals surface area contributed by atoms with Gasteiger partial charge < -0.3 is 0 Å². The van der Waals surface area contributed by atoms with E-state index in [2.05, 4.69) is 27.1 Å². The van der Waals surface area contributed by atoms with Crippen molar-refractivity contribution in [2.24, 2.45) is 0 Å². The summed E-state index contributed by atoms with van der Waals surface area (Å²) in [5.41, 5.74) is 2.27. The maximum absolute atomic E-state index is 6.05. The molecule has 0 amide bonds. The Balaban J connectivity index is 1.41. The van der Waals surface area contributed by atoms with Gasteiger partial charge in [0.25, 0.3) is 0 Å². The number of piperidine rings is 1. The van der Waals surface area contributed by atoms with Crippen LogP contribution < -0.4 is 0 Å².